The molecule has 74 valence electrons. The fraction of sp³-hybridized carbons (Fsp3) is 0. The SMILES string of the molecule is N=C(N)c1cc(F)ccc1NC(N)=O. The quantitative estimate of drug-likeness (QED) is 0.410. The maximum Gasteiger partial charge on any atom is 0.316 e. The number of benzene rings is 1. The van der Waals surface area contributed by atoms with Crippen LogP contribution in [0, 0.1) is 11.2 Å². The van der Waals surface area contributed by atoms with Gasteiger partial charge in [-0.3, -0.25) is 5.41 Å². The summed E-state index contributed by atoms with van der Waals surface area (Å²) < 4.78 is 12.7. The number of nitrogens with two attached hydrogens (primary N) is 2. The molecule has 5 nitrogen and oxygen atoms in total. The Morgan fingerprint density at radius 2 is 2.07 bits per heavy atom. The van der Waals surface area contributed by atoms with Crippen molar-refractivity contribution in [2.24, 2.45) is 11.5 Å². The third kappa shape index (κ3) is 2.19. The molecule has 0 spiro atoms. The number of rotatable bonds is 2. The van der Waals surface area contributed by atoms with Gasteiger partial charge in [-0.25, -0.2) is 9.18 Å². The van der Waals surface area contributed by atoms with E-state index in [1.54, 1.807) is 0 Å². The molecule has 14 heavy (non-hydrogen) atoms. The summed E-state index contributed by atoms with van der Waals surface area (Å²) in [5.74, 6) is -0.876. The van der Waals surface area contributed by atoms with E-state index in [1.165, 1.54) is 6.07 Å². The van der Waals surface area contributed by atoms with E-state index in [-0.39, 0.29) is 17.1 Å². The van der Waals surface area contributed by atoms with Crippen LogP contribution in [0.25, 0.3) is 0 Å². The number of primary amides is 1. The maximum absolute atomic E-state index is 12.7. The second kappa shape index (κ2) is 3.73. The Bertz CT molecular complexity index is 391. The minimum Gasteiger partial charge on any atom is -0.384 e. The van der Waals surface area contributed by atoms with Crippen molar-refractivity contribution < 1.29 is 9.18 Å². The average molecular weight is 196 g/mol. The molecule has 0 heterocycles. The first-order chi connectivity index (χ1) is 6.50. The molecule has 6 heteroatoms. The molecule has 0 fully saturated rings. The van der Waals surface area contributed by atoms with E-state index in [0.29, 0.717) is 0 Å². The first kappa shape index (κ1) is 9.97. The summed E-state index contributed by atoms with van der Waals surface area (Å²) in [6.07, 6.45) is 0. The Morgan fingerprint density at radius 1 is 1.43 bits per heavy atom. The lowest BCUT2D eigenvalue weighted by Crippen LogP contribution is -2.22. The van der Waals surface area contributed by atoms with E-state index in [2.05, 4.69) is 5.32 Å². The third-order valence-electron chi connectivity index (χ3n) is 1.53. The Labute approximate surface area is 79.4 Å². The van der Waals surface area contributed by atoms with Crippen molar-refractivity contribution in [2.45, 2.75) is 0 Å². The van der Waals surface area contributed by atoms with Crippen LogP contribution in [0.5, 0.6) is 0 Å². The summed E-state index contributed by atoms with van der Waals surface area (Å²) in [7, 11) is 0. The molecule has 0 saturated heterocycles. The molecule has 1 rings (SSSR count). The number of nitrogens with one attached hydrogen (secondary N) is 2. The Kier molecular flexibility index (Phi) is 2.66. The van der Waals surface area contributed by atoms with Gasteiger partial charge in [-0.2, -0.15) is 0 Å². The van der Waals surface area contributed by atoms with Gasteiger partial charge in [0.2, 0.25) is 0 Å². The van der Waals surface area contributed by atoms with E-state index in [0.717, 1.165) is 12.1 Å². The van der Waals surface area contributed by atoms with Crippen molar-refractivity contribution in [1.82, 2.24) is 0 Å². The second-order valence-corrected chi connectivity index (χ2v) is 2.59. The highest BCUT2D eigenvalue weighted by Crippen LogP contribution is 2.15. The van der Waals surface area contributed by atoms with Crippen LogP contribution in [0.15, 0.2) is 18.2 Å². The van der Waals surface area contributed by atoms with Gasteiger partial charge >= 0.3 is 6.03 Å². The smallest absolute Gasteiger partial charge is 0.316 e. The summed E-state index contributed by atoms with van der Waals surface area (Å²) in [5, 5.41) is 9.37. The lowest BCUT2D eigenvalue weighted by Gasteiger charge is -2.07. The van der Waals surface area contributed by atoms with Crippen LogP contribution in [0.4, 0.5) is 14.9 Å². The summed E-state index contributed by atoms with van der Waals surface area (Å²) >= 11 is 0. The third-order valence-corrected chi connectivity index (χ3v) is 1.53. The average Bonchev–Trinajstić information content (AvgIpc) is 2.07. The van der Waals surface area contributed by atoms with Gasteiger partial charge in [0.25, 0.3) is 0 Å². The number of urea groups is 1. The van der Waals surface area contributed by atoms with Gasteiger partial charge in [0.15, 0.2) is 0 Å². The molecule has 0 aliphatic rings. The summed E-state index contributed by atoms with van der Waals surface area (Å²) in [6, 6.07) is 2.68. The molecule has 0 atom stereocenters. The van der Waals surface area contributed by atoms with Crippen molar-refractivity contribution >= 4 is 17.6 Å². The minimum absolute atomic E-state index is 0.101. The van der Waals surface area contributed by atoms with Gasteiger partial charge in [-0.15, -0.1) is 0 Å². The first-order valence-electron chi connectivity index (χ1n) is 3.71. The molecular weight excluding hydrogens is 187 g/mol. The Hall–Kier alpha value is -2.11. The first-order valence-corrected chi connectivity index (χ1v) is 3.71. The van der Waals surface area contributed by atoms with E-state index >= 15 is 0 Å². The number of anilines is 1. The summed E-state index contributed by atoms with van der Waals surface area (Å²) in [5.41, 5.74) is 10.4. The Balaban J connectivity index is 3.14. The van der Waals surface area contributed by atoms with Crippen molar-refractivity contribution in [1.29, 1.82) is 5.41 Å². The lowest BCUT2D eigenvalue weighted by molar-refractivity contribution is 0.259. The highest BCUT2D eigenvalue weighted by molar-refractivity contribution is 6.03. The number of hydrogen-bond acceptors (Lipinski definition) is 2. The highest BCUT2D eigenvalue weighted by Gasteiger charge is 2.07. The lowest BCUT2D eigenvalue weighted by atomic mass is 10.1. The number of amides is 2. The fourth-order valence-electron chi connectivity index (χ4n) is 0.981. The number of carbonyl (C=O) groups excluding carboxylic acids is 1. The van der Waals surface area contributed by atoms with Crippen LogP contribution in [-0.4, -0.2) is 11.9 Å². The largest absolute Gasteiger partial charge is 0.384 e. The number of amidine groups is 1. The predicted molar refractivity (Wildman–Crippen MR) is 50.6 cm³/mol. The summed E-state index contributed by atoms with van der Waals surface area (Å²) in [4.78, 5) is 10.5. The molecule has 0 bridgehead atoms. The van der Waals surface area contributed by atoms with Crippen LogP contribution in [0.3, 0.4) is 0 Å². The van der Waals surface area contributed by atoms with Gasteiger partial charge in [-0.1, -0.05) is 0 Å². The van der Waals surface area contributed by atoms with Gasteiger partial charge in [0, 0.05) is 5.56 Å². The molecule has 1 aromatic carbocycles. The van der Waals surface area contributed by atoms with Gasteiger partial charge < -0.3 is 16.8 Å². The highest BCUT2D eigenvalue weighted by atomic mass is 19.1. The normalized spacial score (nSPS) is 9.50. The predicted octanol–water partition coefficient (Wildman–Crippen LogP) is 0.600. The van der Waals surface area contributed by atoms with E-state index in [4.69, 9.17) is 16.9 Å². The van der Waals surface area contributed by atoms with Gasteiger partial charge in [0.05, 0.1) is 5.69 Å². The Morgan fingerprint density at radius 3 is 2.57 bits per heavy atom. The monoisotopic (exact) mass is 196 g/mol. The van der Waals surface area contributed by atoms with Crippen LogP contribution >= 0.6 is 0 Å². The molecule has 0 saturated carbocycles. The van der Waals surface area contributed by atoms with E-state index in [9.17, 15) is 9.18 Å². The zero-order valence-electron chi connectivity index (χ0n) is 7.17. The van der Waals surface area contributed by atoms with Crippen LogP contribution < -0.4 is 16.8 Å². The van der Waals surface area contributed by atoms with Crippen molar-refractivity contribution in [3.05, 3.63) is 29.6 Å². The summed E-state index contributed by atoms with van der Waals surface area (Å²) in [6.45, 7) is 0. The van der Waals surface area contributed by atoms with Gasteiger partial charge in [0.1, 0.15) is 11.7 Å². The standard InChI is InChI=1S/C8H9FN4O/c9-4-1-2-6(13-8(12)14)5(3-4)7(10)11/h1-3H,(H3,10,11)(H3,12,13,14). The molecule has 0 radical (unpaired) electrons. The minimum atomic E-state index is -0.792. The molecule has 0 unspecified atom stereocenters. The number of carbonyl (C=O) groups is 1. The number of hydrogen-bond donors (Lipinski definition) is 4. The molecule has 2 amide bonds. The molecule has 0 aliphatic carbocycles. The van der Waals surface area contributed by atoms with Crippen LogP contribution in [-0.2, 0) is 0 Å². The van der Waals surface area contributed by atoms with Crippen LogP contribution in [0.2, 0.25) is 0 Å². The van der Waals surface area contributed by atoms with E-state index in [1.807, 2.05) is 0 Å². The molecule has 0 aliphatic heterocycles. The van der Waals surface area contributed by atoms with E-state index < -0.39 is 11.8 Å². The molecular formula is C8H9FN4O. The number of halogens is 1. The fourth-order valence-corrected chi connectivity index (χ4v) is 0.981. The van der Waals surface area contributed by atoms with Crippen molar-refractivity contribution in [2.75, 3.05) is 5.32 Å². The second-order valence-electron chi connectivity index (χ2n) is 2.59. The van der Waals surface area contributed by atoms with Crippen molar-refractivity contribution in [3.8, 4) is 0 Å². The zero-order valence-corrected chi connectivity index (χ0v) is 7.17. The topological polar surface area (TPSA) is 105 Å². The van der Waals surface area contributed by atoms with Crippen LogP contribution in [0.1, 0.15) is 5.56 Å². The number of nitrogen functional groups attached to an aromatic ring is 1. The van der Waals surface area contributed by atoms with Gasteiger partial charge in [-0.05, 0) is 18.2 Å². The van der Waals surface area contributed by atoms with Crippen molar-refractivity contribution in [3.63, 3.8) is 0 Å². The molecule has 1 aromatic rings. The molecule has 0 aromatic heterocycles. The molecule has 6 N–H and O–H groups in total. The maximum atomic E-state index is 12.7. The zero-order chi connectivity index (χ0) is 10.7.